The maximum Gasteiger partial charge on any atom is 0.271 e. The Kier molecular flexibility index (Phi) is 8.37. The molecule has 1 heterocycles. The third kappa shape index (κ3) is 6.00. The molecule has 0 bridgehead atoms. The van der Waals surface area contributed by atoms with Gasteiger partial charge in [-0.25, -0.2) is 4.98 Å². The molecule has 3 N–H and O–H groups in total. The first-order valence-corrected chi connectivity index (χ1v) is 12.3. The number of amides is 2. The summed E-state index contributed by atoms with van der Waals surface area (Å²) in [7, 11) is 3.07. The lowest BCUT2D eigenvalue weighted by molar-refractivity contribution is -0.123. The van der Waals surface area contributed by atoms with Gasteiger partial charge >= 0.3 is 0 Å². The molecule has 11 heteroatoms. The minimum atomic E-state index is -1.09. The van der Waals surface area contributed by atoms with Gasteiger partial charge in [0.1, 0.15) is 5.75 Å². The second-order valence-electron chi connectivity index (χ2n) is 7.92. The molecule has 0 aliphatic rings. The quantitative estimate of drug-likeness (QED) is 0.281. The van der Waals surface area contributed by atoms with Crippen molar-refractivity contribution < 1.29 is 28.9 Å². The van der Waals surface area contributed by atoms with Crippen LogP contribution in [0.2, 0.25) is 0 Å². The van der Waals surface area contributed by atoms with E-state index in [1.807, 2.05) is 6.07 Å². The van der Waals surface area contributed by atoms with Gasteiger partial charge in [0.05, 0.1) is 42.7 Å². The number of benzene rings is 3. The Balaban J connectivity index is 1.61. The number of hydrogen-bond donors (Lipinski definition) is 3. The van der Waals surface area contributed by atoms with E-state index in [9.17, 15) is 9.59 Å². The third-order valence-corrected chi connectivity index (χ3v) is 6.41. The van der Waals surface area contributed by atoms with E-state index in [0.29, 0.717) is 44.6 Å². The van der Waals surface area contributed by atoms with Gasteiger partial charge in [0.2, 0.25) is 6.10 Å². The van der Waals surface area contributed by atoms with E-state index in [1.165, 1.54) is 18.4 Å². The maximum absolute atomic E-state index is 13.4. The molecule has 1 unspecified atom stereocenters. The molecule has 4 aromatic rings. The Morgan fingerprint density at radius 1 is 1.05 bits per heavy atom. The van der Waals surface area contributed by atoms with Crippen LogP contribution < -0.4 is 24.8 Å². The van der Waals surface area contributed by atoms with Crippen molar-refractivity contribution in [2.75, 3.05) is 32.7 Å². The molecule has 2 amide bonds. The van der Waals surface area contributed by atoms with Crippen LogP contribution in [-0.2, 0) is 4.79 Å². The van der Waals surface area contributed by atoms with E-state index in [-0.39, 0.29) is 19.1 Å². The van der Waals surface area contributed by atoms with E-state index in [2.05, 4.69) is 15.6 Å². The largest absolute Gasteiger partial charge is 0.493 e. The number of rotatable bonds is 10. The van der Waals surface area contributed by atoms with E-state index in [1.54, 1.807) is 67.8 Å². The molecule has 3 aromatic carbocycles. The minimum absolute atomic E-state index is 0.132. The number of nitrogens with one attached hydrogen (secondary N) is 2. The number of hydrogen-bond acceptors (Lipinski definition) is 9. The van der Waals surface area contributed by atoms with Crippen molar-refractivity contribution in [3.05, 3.63) is 77.4 Å². The van der Waals surface area contributed by atoms with Crippen LogP contribution in [0.4, 0.5) is 5.13 Å². The fourth-order valence-electron chi connectivity index (χ4n) is 3.58. The summed E-state index contributed by atoms with van der Waals surface area (Å²) in [5.41, 5.74) is 1.95. The molecule has 38 heavy (non-hydrogen) atoms. The summed E-state index contributed by atoms with van der Waals surface area (Å²) in [4.78, 5) is 30.1. The smallest absolute Gasteiger partial charge is 0.271 e. The van der Waals surface area contributed by atoms with Gasteiger partial charge in [-0.3, -0.25) is 14.9 Å². The SMILES string of the molecule is COc1cc2nc(NC(=O)C(Oc3ccc(C#N)cc3)c3ccc(C(=O)NCCO)cc3)sc2cc1OC. The lowest BCUT2D eigenvalue weighted by Gasteiger charge is -2.19. The van der Waals surface area contributed by atoms with Gasteiger partial charge in [-0.15, -0.1) is 0 Å². The highest BCUT2D eigenvalue weighted by Gasteiger charge is 2.25. The summed E-state index contributed by atoms with van der Waals surface area (Å²) in [5.74, 6) is 0.623. The molecule has 10 nitrogen and oxygen atoms in total. The number of nitriles is 1. The van der Waals surface area contributed by atoms with E-state index in [0.717, 1.165) is 4.70 Å². The Labute approximate surface area is 222 Å². The van der Waals surface area contributed by atoms with Gasteiger partial charge in [0.15, 0.2) is 16.6 Å². The van der Waals surface area contributed by atoms with Gasteiger partial charge in [0.25, 0.3) is 11.8 Å². The maximum atomic E-state index is 13.4. The van der Waals surface area contributed by atoms with Gasteiger partial charge in [-0.05, 0) is 36.4 Å². The fraction of sp³-hybridized carbons (Fsp3) is 0.185. The Bertz CT molecular complexity index is 1440. The number of carbonyl (C=O) groups is 2. The number of aliphatic hydroxyl groups is 1. The summed E-state index contributed by atoms with van der Waals surface area (Å²) in [6, 6.07) is 18.3. The van der Waals surface area contributed by atoms with Crippen LogP contribution in [-0.4, -0.2) is 49.3 Å². The summed E-state index contributed by atoms with van der Waals surface area (Å²) in [6.45, 7) is -0.0385. The lowest BCUT2D eigenvalue weighted by atomic mass is 10.1. The summed E-state index contributed by atoms with van der Waals surface area (Å²) < 4.78 is 17.5. The van der Waals surface area contributed by atoms with Crippen molar-refractivity contribution in [2.24, 2.45) is 0 Å². The lowest BCUT2D eigenvalue weighted by Crippen LogP contribution is -2.27. The highest BCUT2D eigenvalue weighted by Crippen LogP contribution is 2.36. The van der Waals surface area contributed by atoms with Gasteiger partial charge in [0, 0.05) is 29.8 Å². The van der Waals surface area contributed by atoms with Crippen molar-refractivity contribution in [1.82, 2.24) is 10.3 Å². The molecule has 0 spiro atoms. The van der Waals surface area contributed by atoms with Gasteiger partial charge in [-0.1, -0.05) is 23.5 Å². The van der Waals surface area contributed by atoms with Crippen LogP contribution in [0.25, 0.3) is 10.2 Å². The summed E-state index contributed by atoms with van der Waals surface area (Å²) in [6.07, 6.45) is -1.09. The van der Waals surface area contributed by atoms with Gasteiger partial charge in [-0.2, -0.15) is 5.26 Å². The van der Waals surface area contributed by atoms with Crippen molar-refractivity contribution in [1.29, 1.82) is 5.26 Å². The topological polar surface area (TPSA) is 143 Å². The van der Waals surface area contributed by atoms with Crippen molar-refractivity contribution >= 4 is 38.5 Å². The fourth-order valence-corrected chi connectivity index (χ4v) is 4.46. The van der Waals surface area contributed by atoms with Crippen LogP contribution in [0.15, 0.2) is 60.7 Å². The highest BCUT2D eigenvalue weighted by atomic mass is 32.1. The summed E-state index contributed by atoms with van der Waals surface area (Å²) in [5, 5.41) is 23.7. The number of anilines is 1. The molecule has 4 rings (SSSR count). The predicted molar refractivity (Wildman–Crippen MR) is 142 cm³/mol. The second-order valence-corrected chi connectivity index (χ2v) is 8.95. The molecule has 194 valence electrons. The molecule has 0 saturated carbocycles. The van der Waals surface area contributed by atoms with E-state index in [4.69, 9.17) is 24.6 Å². The Morgan fingerprint density at radius 2 is 1.74 bits per heavy atom. The van der Waals surface area contributed by atoms with Crippen molar-refractivity contribution in [2.45, 2.75) is 6.10 Å². The number of aliphatic hydroxyl groups excluding tert-OH is 1. The number of fused-ring (bicyclic) bond motifs is 1. The average Bonchev–Trinajstić information content (AvgIpc) is 3.35. The van der Waals surface area contributed by atoms with Crippen molar-refractivity contribution in [3.63, 3.8) is 0 Å². The molecule has 0 aliphatic heterocycles. The Morgan fingerprint density at radius 3 is 2.37 bits per heavy atom. The van der Waals surface area contributed by atoms with Crippen LogP contribution >= 0.6 is 11.3 Å². The number of methoxy groups -OCH3 is 2. The van der Waals surface area contributed by atoms with E-state index < -0.39 is 12.0 Å². The number of nitrogens with zero attached hydrogens (tertiary/aromatic N) is 2. The number of ether oxygens (including phenoxy) is 3. The molecule has 0 saturated heterocycles. The first-order chi connectivity index (χ1) is 18.4. The van der Waals surface area contributed by atoms with Crippen LogP contribution in [0.3, 0.4) is 0 Å². The van der Waals surface area contributed by atoms with Crippen LogP contribution in [0.1, 0.15) is 27.6 Å². The molecule has 1 atom stereocenters. The molecule has 0 aliphatic carbocycles. The zero-order valence-electron chi connectivity index (χ0n) is 20.6. The first-order valence-electron chi connectivity index (χ1n) is 11.4. The number of thiazole rings is 1. The third-order valence-electron chi connectivity index (χ3n) is 5.47. The van der Waals surface area contributed by atoms with Gasteiger partial charge < -0.3 is 24.6 Å². The Hall–Kier alpha value is -4.66. The number of carbonyl (C=O) groups excluding carboxylic acids is 2. The monoisotopic (exact) mass is 532 g/mol. The normalized spacial score (nSPS) is 11.3. The molecule has 0 radical (unpaired) electrons. The molecular formula is C27H24N4O6S. The van der Waals surface area contributed by atoms with Crippen molar-refractivity contribution in [3.8, 4) is 23.3 Å². The first kappa shape index (κ1) is 26.4. The molecular weight excluding hydrogens is 508 g/mol. The van der Waals surface area contributed by atoms with E-state index >= 15 is 0 Å². The summed E-state index contributed by atoms with van der Waals surface area (Å²) >= 11 is 1.27. The number of aromatic nitrogens is 1. The zero-order valence-corrected chi connectivity index (χ0v) is 21.4. The molecule has 1 aromatic heterocycles. The minimum Gasteiger partial charge on any atom is -0.493 e. The second kappa shape index (κ2) is 12.1. The standard InChI is InChI=1S/C27H24N4O6S/c1-35-21-13-20-23(14-22(21)36-2)38-27(30-20)31-26(34)24(37-19-9-3-16(15-28)4-10-19)17-5-7-18(8-6-17)25(33)29-11-12-32/h3-10,13-14,24,32H,11-12H2,1-2H3,(H,29,33)(H,30,31,34). The molecule has 0 fully saturated rings. The average molecular weight is 533 g/mol. The predicted octanol–water partition coefficient (Wildman–Crippen LogP) is 3.67. The zero-order chi connectivity index (χ0) is 27.1. The van der Waals surface area contributed by atoms with Crippen LogP contribution in [0, 0.1) is 11.3 Å². The van der Waals surface area contributed by atoms with Crippen LogP contribution in [0.5, 0.6) is 17.2 Å². The highest BCUT2D eigenvalue weighted by molar-refractivity contribution is 7.22.